The van der Waals surface area contributed by atoms with E-state index in [-0.39, 0.29) is 5.91 Å². The molecule has 3 heteroatoms. The van der Waals surface area contributed by atoms with Gasteiger partial charge in [0.25, 0.3) is 0 Å². The van der Waals surface area contributed by atoms with Gasteiger partial charge in [-0.25, -0.2) is 0 Å². The second-order valence-electron chi connectivity index (χ2n) is 6.58. The maximum absolute atomic E-state index is 12.4. The molecule has 2 fully saturated rings. The van der Waals surface area contributed by atoms with Crippen molar-refractivity contribution < 1.29 is 4.79 Å². The number of piperidine rings is 1. The molecule has 1 aromatic carbocycles. The molecule has 1 aromatic rings. The SMILES string of the molecule is Cc1ccc(CC(=O)N2CCC(C3CCCN3)CC2)cc1. The second kappa shape index (κ2) is 6.61. The first-order valence-electron chi connectivity index (χ1n) is 8.29. The number of aryl methyl sites for hydroxylation is 1. The minimum atomic E-state index is 0.289. The van der Waals surface area contributed by atoms with Crippen LogP contribution in [0.5, 0.6) is 0 Å². The largest absolute Gasteiger partial charge is 0.342 e. The molecule has 0 aromatic heterocycles. The van der Waals surface area contributed by atoms with Gasteiger partial charge >= 0.3 is 0 Å². The molecule has 1 amide bonds. The van der Waals surface area contributed by atoms with Crippen LogP contribution in [0, 0.1) is 12.8 Å². The third-order valence-corrected chi connectivity index (χ3v) is 5.04. The van der Waals surface area contributed by atoms with Gasteiger partial charge in [0.05, 0.1) is 6.42 Å². The molecule has 1 atom stereocenters. The van der Waals surface area contributed by atoms with Gasteiger partial charge in [0.1, 0.15) is 0 Å². The van der Waals surface area contributed by atoms with Gasteiger partial charge in [-0.05, 0) is 50.6 Å². The summed E-state index contributed by atoms with van der Waals surface area (Å²) in [5.41, 5.74) is 2.38. The minimum absolute atomic E-state index is 0.289. The monoisotopic (exact) mass is 286 g/mol. The third kappa shape index (κ3) is 3.65. The van der Waals surface area contributed by atoms with Crippen LogP contribution in [0.25, 0.3) is 0 Å². The number of benzene rings is 1. The molecule has 0 spiro atoms. The number of carbonyl (C=O) groups is 1. The Morgan fingerprint density at radius 3 is 2.52 bits per heavy atom. The highest BCUT2D eigenvalue weighted by Crippen LogP contribution is 2.25. The Kier molecular flexibility index (Phi) is 4.59. The molecule has 21 heavy (non-hydrogen) atoms. The molecular weight excluding hydrogens is 260 g/mol. The second-order valence-corrected chi connectivity index (χ2v) is 6.58. The highest BCUT2D eigenvalue weighted by atomic mass is 16.2. The average Bonchev–Trinajstić information content (AvgIpc) is 3.04. The zero-order chi connectivity index (χ0) is 14.7. The summed E-state index contributed by atoms with van der Waals surface area (Å²) in [6.07, 6.45) is 5.51. The standard InChI is InChI=1S/C18H26N2O/c1-14-4-6-15(7-5-14)13-18(21)20-11-8-16(9-12-20)17-3-2-10-19-17/h4-7,16-17,19H,2-3,8-13H2,1H3. The molecule has 2 saturated heterocycles. The maximum atomic E-state index is 12.4. The van der Waals surface area contributed by atoms with Crippen LogP contribution < -0.4 is 5.32 Å². The van der Waals surface area contributed by atoms with Crippen LogP contribution in [0.4, 0.5) is 0 Å². The first-order valence-corrected chi connectivity index (χ1v) is 8.29. The lowest BCUT2D eigenvalue weighted by molar-refractivity contribution is -0.132. The van der Waals surface area contributed by atoms with Gasteiger partial charge in [0.2, 0.25) is 5.91 Å². The van der Waals surface area contributed by atoms with Gasteiger partial charge in [-0.1, -0.05) is 29.8 Å². The summed E-state index contributed by atoms with van der Waals surface area (Å²) in [6, 6.07) is 9.02. The van der Waals surface area contributed by atoms with E-state index < -0.39 is 0 Å². The van der Waals surface area contributed by atoms with Crippen LogP contribution in [0.1, 0.15) is 36.8 Å². The van der Waals surface area contributed by atoms with Crippen LogP contribution >= 0.6 is 0 Å². The van der Waals surface area contributed by atoms with E-state index in [1.807, 2.05) is 0 Å². The number of carbonyl (C=O) groups excluding carboxylic acids is 1. The Morgan fingerprint density at radius 1 is 1.19 bits per heavy atom. The maximum Gasteiger partial charge on any atom is 0.226 e. The Balaban J connectivity index is 1.49. The Bertz CT molecular complexity index is 468. The van der Waals surface area contributed by atoms with Crippen LogP contribution in [0.3, 0.4) is 0 Å². The number of nitrogens with zero attached hydrogens (tertiary/aromatic N) is 1. The van der Waals surface area contributed by atoms with Crippen molar-refractivity contribution >= 4 is 5.91 Å². The van der Waals surface area contributed by atoms with Crippen LogP contribution in [0.15, 0.2) is 24.3 Å². The first-order chi connectivity index (χ1) is 10.2. The molecule has 0 saturated carbocycles. The van der Waals surface area contributed by atoms with Crippen molar-refractivity contribution in [3.8, 4) is 0 Å². The van der Waals surface area contributed by atoms with Gasteiger partial charge in [0.15, 0.2) is 0 Å². The number of amides is 1. The molecule has 1 unspecified atom stereocenters. The zero-order valence-electron chi connectivity index (χ0n) is 13.0. The van der Waals surface area contributed by atoms with Crippen LogP contribution in [-0.4, -0.2) is 36.5 Å². The minimum Gasteiger partial charge on any atom is -0.342 e. The van der Waals surface area contributed by atoms with Crippen molar-refractivity contribution in [2.24, 2.45) is 5.92 Å². The number of nitrogens with one attached hydrogen (secondary N) is 1. The van der Waals surface area contributed by atoms with E-state index in [0.29, 0.717) is 12.5 Å². The summed E-state index contributed by atoms with van der Waals surface area (Å²) < 4.78 is 0. The number of likely N-dealkylation sites (tertiary alicyclic amines) is 1. The summed E-state index contributed by atoms with van der Waals surface area (Å²) in [6.45, 7) is 5.13. The fourth-order valence-corrected chi connectivity index (χ4v) is 3.66. The van der Waals surface area contributed by atoms with Crippen molar-refractivity contribution in [2.45, 2.75) is 45.1 Å². The molecule has 0 radical (unpaired) electrons. The highest BCUT2D eigenvalue weighted by molar-refractivity contribution is 5.78. The zero-order valence-corrected chi connectivity index (χ0v) is 13.0. The molecule has 0 aliphatic carbocycles. The molecule has 3 nitrogen and oxygen atoms in total. The quantitative estimate of drug-likeness (QED) is 0.926. The number of hydrogen-bond acceptors (Lipinski definition) is 2. The van der Waals surface area contributed by atoms with Crippen molar-refractivity contribution in [3.63, 3.8) is 0 Å². The van der Waals surface area contributed by atoms with Gasteiger partial charge < -0.3 is 10.2 Å². The Hall–Kier alpha value is -1.35. The third-order valence-electron chi connectivity index (χ3n) is 5.04. The molecule has 1 N–H and O–H groups in total. The number of hydrogen-bond donors (Lipinski definition) is 1. The lowest BCUT2D eigenvalue weighted by atomic mass is 9.88. The molecule has 0 bridgehead atoms. The van der Waals surface area contributed by atoms with E-state index in [2.05, 4.69) is 41.4 Å². The molecule has 2 aliphatic heterocycles. The van der Waals surface area contributed by atoms with Crippen molar-refractivity contribution in [1.29, 1.82) is 0 Å². The summed E-state index contributed by atoms with van der Waals surface area (Å²) >= 11 is 0. The fourth-order valence-electron chi connectivity index (χ4n) is 3.66. The lowest BCUT2D eigenvalue weighted by Gasteiger charge is -2.35. The topological polar surface area (TPSA) is 32.3 Å². The predicted octanol–water partition coefficient (Wildman–Crippen LogP) is 2.53. The average molecular weight is 286 g/mol. The number of rotatable bonds is 3. The Morgan fingerprint density at radius 2 is 1.90 bits per heavy atom. The fraction of sp³-hybridized carbons (Fsp3) is 0.611. The summed E-state index contributed by atoms with van der Waals surface area (Å²) in [4.78, 5) is 14.5. The summed E-state index contributed by atoms with van der Waals surface area (Å²) in [7, 11) is 0. The van der Waals surface area contributed by atoms with Crippen molar-refractivity contribution in [2.75, 3.05) is 19.6 Å². The van der Waals surface area contributed by atoms with Gasteiger partial charge in [-0.2, -0.15) is 0 Å². The van der Waals surface area contributed by atoms with Crippen molar-refractivity contribution in [3.05, 3.63) is 35.4 Å². The van der Waals surface area contributed by atoms with E-state index in [4.69, 9.17) is 0 Å². The molecule has 2 aliphatic rings. The summed E-state index contributed by atoms with van der Waals surface area (Å²) in [5, 5.41) is 3.61. The lowest BCUT2D eigenvalue weighted by Crippen LogP contribution is -2.43. The van der Waals surface area contributed by atoms with Gasteiger partial charge in [0, 0.05) is 19.1 Å². The molecule has 3 rings (SSSR count). The summed E-state index contributed by atoms with van der Waals surface area (Å²) in [5.74, 6) is 1.06. The van der Waals surface area contributed by atoms with E-state index in [9.17, 15) is 4.79 Å². The van der Waals surface area contributed by atoms with Crippen LogP contribution in [-0.2, 0) is 11.2 Å². The highest BCUT2D eigenvalue weighted by Gasteiger charge is 2.29. The van der Waals surface area contributed by atoms with Crippen LogP contribution in [0.2, 0.25) is 0 Å². The van der Waals surface area contributed by atoms with Crippen molar-refractivity contribution in [1.82, 2.24) is 10.2 Å². The normalized spacial score (nSPS) is 23.5. The molecule has 2 heterocycles. The Labute approximate surface area is 127 Å². The molecule has 114 valence electrons. The molecular formula is C18H26N2O. The predicted molar refractivity (Wildman–Crippen MR) is 85.2 cm³/mol. The van der Waals surface area contributed by atoms with E-state index >= 15 is 0 Å². The van der Waals surface area contributed by atoms with Gasteiger partial charge in [-0.15, -0.1) is 0 Å². The van der Waals surface area contributed by atoms with E-state index in [0.717, 1.165) is 37.4 Å². The smallest absolute Gasteiger partial charge is 0.226 e. The first kappa shape index (κ1) is 14.6. The van der Waals surface area contributed by atoms with E-state index in [1.165, 1.54) is 24.9 Å². The van der Waals surface area contributed by atoms with E-state index in [1.54, 1.807) is 0 Å². The van der Waals surface area contributed by atoms with Gasteiger partial charge in [-0.3, -0.25) is 4.79 Å².